The fourth-order valence-corrected chi connectivity index (χ4v) is 2.98. The largest absolute Gasteiger partial charge is 0.484 e. The van der Waals surface area contributed by atoms with Gasteiger partial charge >= 0.3 is 0 Å². The first-order chi connectivity index (χ1) is 15.4. The third-order valence-electron chi connectivity index (χ3n) is 4.16. The number of carbonyl (C=O) groups is 2. The van der Waals surface area contributed by atoms with Crippen molar-refractivity contribution in [3.63, 3.8) is 0 Å². The van der Waals surface area contributed by atoms with E-state index >= 15 is 0 Å². The predicted octanol–water partition coefficient (Wildman–Crippen LogP) is 5.67. The van der Waals surface area contributed by atoms with Gasteiger partial charge in [0.05, 0.1) is 0 Å². The van der Waals surface area contributed by atoms with E-state index in [1.165, 1.54) is 6.08 Å². The molecule has 3 aromatic rings. The van der Waals surface area contributed by atoms with E-state index in [2.05, 4.69) is 26.6 Å². The standard InChI is InChI=1S/C24H17BrClN3O3/c25-18-3-7-21(8-4-18)29-24(31)17(14-27)13-16-1-11-22(12-2-16)32-15-23(30)28-20-9-5-19(26)6-10-20/h1-13H,15H2,(H,28,30)(H,29,31)/b17-13-. The quantitative estimate of drug-likeness (QED) is 0.317. The smallest absolute Gasteiger partial charge is 0.266 e. The summed E-state index contributed by atoms with van der Waals surface area (Å²) in [5.74, 6) is -0.340. The molecule has 0 saturated heterocycles. The molecule has 0 saturated carbocycles. The number of amides is 2. The highest BCUT2D eigenvalue weighted by Gasteiger charge is 2.10. The molecule has 3 rings (SSSR count). The van der Waals surface area contributed by atoms with Crippen LogP contribution in [0.2, 0.25) is 5.02 Å². The van der Waals surface area contributed by atoms with Crippen molar-refractivity contribution in [1.82, 2.24) is 0 Å². The Morgan fingerprint density at radius 1 is 0.938 bits per heavy atom. The zero-order chi connectivity index (χ0) is 22.9. The van der Waals surface area contributed by atoms with E-state index in [0.29, 0.717) is 27.7 Å². The summed E-state index contributed by atoms with van der Waals surface area (Å²) in [5, 5.41) is 15.3. The second kappa shape index (κ2) is 11.1. The molecule has 8 heteroatoms. The molecule has 0 bridgehead atoms. The van der Waals surface area contributed by atoms with E-state index in [1.807, 2.05) is 6.07 Å². The van der Waals surface area contributed by atoms with Gasteiger partial charge in [0.2, 0.25) is 0 Å². The summed E-state index contributed by atoms with van der Waals surface area (Å²) in [7, 11) is 0. The lowest BCUT2D eigenvalue weighted by atomic mass is 10.1. The van der Waals surface area contributed by atoms with Crippen LogP contribution in [0.1, 0.15) is 5.56 Å². The molecule has 160 valence electrons. The average molecular weight is 511 g/mol. The molecule has 6 nitrogen and oxygen atoms in total. The fraction of sp³-hybridized carbons (Fsp3) is 0.0417. The Hall–Kier alpha value is -3.60. The zero-order valence-electron chi connectivity index (χ0n) is 16.6. The fourth-order valence-electron chi connectivity index (χ4n) is 2.59. The molecule has 0 spiro atoms. The molecular formula is C24H17BrClN3O3. The van der Waals surface area contributed by atoms with Gasteiger partial charge in [-0.3, -0.25) is 9.59 Å². The number of anilines is 2. The van der Waals surface area contributed by atoms with Crippen LogP contribution in [-0.2, 0) is 9.59 Å². The minimum absolute atomic E-state index is 0.0380. The van der Waals surface area contributed by atoms with Crippen LogP contribution < -0.4 is 15.4 Å². The van der Waals surface area contributed by atoms with Crippen LogP contribution in [0.25, 0.3) is 6.08 Å². The van der Waals surface area contributed by atoms with Crippen LogP contribution in [-0.4, -0.2) is 18.4 Å². The van der Waals surface area contributed by atoms with Crippen LogP contribution in [0.5, 0.6) is 5.75 Å². The van der Waals surface area contributed by atoms with E-state index in [4.69, 9.17) is 16.3 Å². The molecular weight excluding hydrogens is 494 g/mol. The molecule has 32 heavy (non-hydrogen) atoms. The number of ether oxygens (including phenoxy) is 1. The van der Waals surface area contributed by atoms with Gasteiger partial charge in [-0.15, -0.1) is 0 Å². The second-order valence-corrected chi connectivity index (χ2v) is 7.90. The maximum Gasteiger partial charge on any atom is 0.266 e. The molecule has 0 aliphatic carbocycles. The molecule has 0 atom stereocenters. The van der Waals surface area contributed by atoms with Crippen molar-refractivity contribution in [1.29, 1.82) is 5.26 Å². The zero-order valence-corrected chi connectivity index (χ0v) is 19.0. The summed E-state index contributed by atoms with van der Waals surface area (Å²) in [4.78, 5) is 24.4. The van der Waals surface area contributed by atoms with Crippen LogP contribution in [0.3, 0.4) is 0 Å². The number of hydrogen-bond acceptors (Lipinski definition) is 4. The van der Waals surface area contributed by atoms with Crippen LogP contribution >= 0.6 is 27.5 Å². The Morgan fingerprint density at radius 3 is 2.16 bits per heavy atom. The Bertz CT molecular complexity index is 1170. The topological polar surface area (TPSA) is 91.2 Å². The van der Waals surface area contributed by atoms with E-state index in [0.717, 1.165) is 4.47 Å². The number of hydrogen-bond donors (Lipinski definition) is 2. The molecule has 0 aliphatic heterocycles. The lowest BCUT2D eigenvalue weighted by molar-refractivity contribution is -0.118. The van der Waals surface area contributed by atoms with Crippen molar-refractivity contribution in [2.45, 2.75) is 0 Å². The highest BCUT2D eigenvalue weighted by atomic mass is 79.9. The molecule has 0 radical (unpaired) electrons. The molecule has 0 heterocycles. The minimum Gasteiger partial charge on any atom is -0.484 e. The molecule has 2 N–H and O–H groups in total. The van der Waals surface area contributed by atoms with Gasteiger partial charge < -0.3 is 15.4 Å². The SMILES string of the molecule is N#C/C(=C/c1ccc(OCC(=O)Nc2ccc(Cl)cc2)cc1)C(=O)Nc1ccc(Br)cc1. The first-order valence-corrected chi connectivity index (χ1v) is 10.6. The summed E-state index contributed by atoms with van der Waals surface area (Å²) in [6.07, 6.45) is 1.48. The number of rotatable bonds is 7. The third kappa shape index (κ3) is 6.98. The number of nitrogens with zero attached hydrogens (tertiary/aromatic N) is 1. The summed E-state index contributed by atoms with van der Waals surface area (Å²) < 4.78 is 6.36. The van der Waals surface area contributed by atoms with Crippen molar-refractivity contribution in [2.75, 3.05) is 17.2 Å². The predicted molar refractivity (Wildman–Crippen MR) is 128 cm³/mol. The summed E-state index contributed by atoms with van der Waals surface area (Å²) in [6.45, 7) is -0.170. The van der Waals surface area contributed by atoms with Crippen LogP contribution in [0, 0.1) is 11.3 Å². The maximum absolute atomic E-state index is 12.4. The van der Waals surface area contributed by atoms with Gasteiger partial charge in [-0.2, -0.15) is 5.26 Å². The average Bonchev–Trinajstić information content (AvgIpc) is 2.80. The monoisotopic (exact) mass is 509 g/mol. The normalized spacial score (nSPS) is 10.7. The first kappa shape index (κ1) is 23.1. The van der Waals surface area contributed by atoms with E-state index in [1.54, 1.807) is 72.8 Å². The molecule has 2 amide bonds. The summed E-state index contributed by atoms with van der Waals surface area (Å²) >= 11 is 9.15. The van der Waals surface area contributed by atoms with Gasteiger partial charge in [0, 0.05) is 20.9 Å². The number of nitriles is 1. The van der Waals surface area contributed by atoms with Gasteiger partial charge in [0.25, 0.3) is 11.8 Å². The van der Waals surface area contributed by atoms with Crippen molar-refractivity contribution in [2.24, 2.45) is 0 Å². The van der Waals surface area contributed by atoms with E-state index in [9.17, 15) is 14.9 Å². The molecule has 0 aliphatic rings. The number of carbonyl (C=O) groups excluding carboxylic acids is 2. The highest BCUT2D eigenvalue weighted by Crippen LogP contribution is 2.18. The van der Waals surface area contributed by atoms with Gasteiger partial charge in [-0.05, 0) is 72.3 Å². The van der Waals surface area contributed by atoms with E-state index < -0.39 is 5.91 Å². The van der Waals surface area contributed by atoms with Gasteiger partial charge in [-0.1, -0.05) is 39.7 Å². The highest BCUT2D eigenvalue weighted by molar-refractivity contribution is 9.10. The second-order valence-electron chi connectivity index (χ2n) is 6.54. The van der Waals surface area contributed by atoms with Gasteiger partial charge in [0.15, 0.2) is 6.61 Å². The Labute approximate surface area is 198 Å². The Morgan fingerprint density at radius 2 is 1.53 bits per heavy atom. The van der Waals surface area contributed by atoms with E-state index in [-0.39, 0.29) is 18.1 Å². The Kier molecular flexibility index (Phi) is 8.03. The minimum atomic E-state index is -0.506. The van der Waals surface area contributed by atoms with Gasteiger partial charge in [-0.25, -0.2) is 0 Å². The summed E-state index contributed by atoms with van der Waals surface area (Å²) in [6, 6.07) is 22.4. The molecule has 0 fully saturated rings. The van der Waals surface area contributed by atoms with Crippen molar-refractivity contribution in [3.05, 3.63) is 93.4 Å². The summed E-state index contributed by atoms with van der Waals surface area (Å²) in [5.41, 5.74) is 1.81. The van der Waals surface area contributed by atoms with Crippen LogP contribution in [0.15, 0.2) is 82.8 Å². The first-order valence-electron chi connectivity index (χ1n) is 9.40. The lowest BCUT2D eigenvalue weighted by Crippen LogP contribution is -2.20. The molecule has 3 aromatic carbocycles. The molecule has 0 aromatic heterocycles. The van der Waals surface area contributed by atoms with Gasteiger partial charge in [0.1, 0.15) is 17.4 Å². The molecule has 0 unspecified atom stereocenters. The Balaban J connectivity index is 1.56. The van der Waals surface area contributed by atoms with Crippen molar-refractivity contribution in [3.8, 4) is 11.8 Å². The van der Waals surface area contributed by atoms with Crippen LogP contribution in [0.4, 0.5) is 11.4 Å². The third-order valence-corrected chi connectivity index (χ3v) is 4.94. The number of benzene rings is 3. The lowest BCUT2D eigenvalue weighted by Gasteiger charge is -2.08. The number of halogens is 2. The van der Waals surface area contributed by atoms with Crippen molar-refractivity contribution >= 4 is 56.8 Å². The maximum atomic E-state index is 12.4. The number of nitrogens with one attached hydrogen (secondary N) is 2. The van der Waals surface area contributed by atoms with Crippen molar-refractivity contribution < 1.29 is 14.3 Å².